The lowest BCUT2D eigenvalue weighted by molar-refractivity contribution is 0.520. The number of piperidine rings is 1. The second-order valence-electron chi connectivity index (χ2n) is 5.90. The average Bonchev–Trinajstić information content (AvgIpc) is 3.00. The molecule has 0 atom stereocenters. The SMILES string of the molecule is Cl.c1cnc(N2CCCCC2)c(CNC2CCCC2)c1. The first-order valence-corrected chi connectivity index (χ1v) is 7.86. The van der Waals surface area contributed by atoms with Crippen molar-refractivity contribution in [1.29, 1.82) is 0 Å². The summed E-state index contributed by atoms with van der Waals surface area (Å²) < 4.78 is 0. The molecule has 1 aromatic heterocycles. The minimum atomic E-state index is 0. The molecule has 0 bridgehead atoms. The maximum atomic E-state index is 4.63. The summed E-state index contributed by atoms with van der Waals surface area (Å²) in [5.41, 5.74) is 1.37. The molecule has 3 rings (SSSR count). The molecule has 1 N–H and O–H groups in total. The van der Waals surface area contributed by atoms with Crippen LogP contribution in [0.1, 0.15) is 50.5 Å². The molecule has 0 spiro atoms. The Morgan fingerprint density at radius 2 is 1.85 bits per heavy atom. The molecule has 112 valence electrons. The fourth-order valence-electron chi connectivity index (χ4n) is 3.34. The van der Waals surface area contributed by atoms with Gasteiger partial charge in [0.15, 0.2) is 0 Å². The minimum Gasteiger partial charge on any atom is -0.356 e. The van der Waals surface area contributed by atoms with Crippen LogP contribution in [0.4, 0.5) is 5.82 Å². The zero-order valence-corrected chi connectivity index (χ0v) is 13.0. The van der Waals surface area contributed by atoms with Crippen LogP contribution in [-0.2, 0) is 6.54 Å². The maximum Gasteiger partial charge on any atom is 0.133 e. The molecule has 2 heterocycles. The zero-order chi connectivity index (χ0) is 12.9. The monoisotopic (exact) mass is 295 g/mol. The van der Waals surface area contributed by atoms with E-state index in [9.17, 15) is 0 Å². The first kappa shape index (κ1) is 15.6. The third-order valence-electron chi connectivity index (χ3n) is 4.46. The molecule has 4 heteroatoms. The van der Waals surface area contributed by atoms with Gasteiger partial charge in [0.2, 0.25) is 0 Å². The molecular weight excluding hydrogens is 270 g/mol. The second kappa shape index (κ2) is 7.84. The normalized spacial score (nSPS) is 19.9. The van der Waals surface area contributed by atoms with E-state index in [1.807, 2.05) is 6.20 Å². The fraction of sp³-hybridized carbons (Fsp3) is 0.688. The number of rotatable bonds is 4. The number of halogens is 1. The van der Waals surface area contributed by atoms with Crippen molar-refractivity contribution in [3.05, 3.63) is 23.9 Å². The van der Waals surface area contributed by atoms with Crippen LogP contribution < -0.4 is 10.2 Å². The highest BCUT2D eigenvalue weighted by Gasteiger charge is 2.17. The first-order valence-electron chi connectivity index (χ1n) is 7.86. The van der Waals surface area contributed by atoms with Crippen LogP contribution in [0.15, 0.2) is 18.3 Å². The highest BCUT2D eigenvalue weighted by Crippen LogP contribution is 2.23. The van der Waals surface area contributed by atoms with Gasteiger partial charge in [-0.1, -0.05) is 18.9 Å². The van der Waals surface area contributed by atoms with E-state index in [2.05, 4.69) is 27.3 Å². The number of anilines is 1. The van der Waals surface area contributed by atoms with Crippen molar-refractivity contribution in [3.63, 3.8) is 0 Å². The summed E-state index contributed by atoms with van der Waals surface area (Å²) in [7, 11) is 0. The lowest BCUT2D eigenvalue weighted by Crippen LogP contribution is -2.32. The van der Waals surface area contributed by atoms with Gasteiger partial charge in [-0.05, 0) is 38.2 Å². The van der Waals surface area contributed by atoms with Crippen molar-refractivity contribution in [3.8, 4) is 0 Å². The number of aromatic nitrogens is 1. The Morgan fingerprint density at radius 1 is 1.10 bits per heavy atom. The number of nitrogens with zero attached hydrogens (tertiary/aromatic N) is 2. The average molecular weight is 296 g/mol. The van der Waals surface area contributed by atoms with Crippen LogP contribution >= 0.6 is 12.4 Å². The number of hydrogen-bond donors (Lipinski definition) is 1. The van der Waals surface area contributed by atoms with E-state index >= 15 is 0 Å². The lowest BCUT2D eigenvalue weighted by Gasteiger charge is -2.29. The number of hydrogen-bond acceptors (Lipinski definition) is 3. The summed E-state index contributed by atoms with van der Waals surface area (Å²) in [4.78, 5) is 7.10. The van der Waals surface area contributed by atoms with Gasteiger partial charge < -0.3 is 10.2 Å². The molecule has 0 aromatic carbocycles. The molecule has 1 saturated heterocycles. The first-order chi connectivity index (χ1) is 9.43. The van der Waals surface area contributed by atoms with Crippen LogP contribution in [0, 0.1) is 0 Å². The summed E-state index contributed by atoms with van der Waals surface area (Å²) in [6, 6.07) is 5.03. The van der Waals surface area contributed by atoms with Gasteiger partial charge in [-0.15, -0.1) is 12.4 Å². The Balaban J connectivity index is 0.00000147. The Bertz CT molecular complexity index is 398. The lowest BCUT2D eigenvalue weighted by atomic mass is 10.1. The smallest absolute Gasteiger partial charge is 0.133 e. The van der Waals surface area contributed by atoms with E-state index in [4.69, 9.17) is 0 Å². The van der Waals surface area contributed by atoms with E-state index in [0.717, 1.165) is 12.6 Å². The quantitative estimate of drug-likeness (QED) is 0.921. The van der Waals surface area contributed by atoms with Crippen molar-refractivity contribution in [2.24, 2.45) is 0 Å². The Labute approximate surface area is 128 Å². The van der Waals surface area contributed by atoms with Crippen molar-refractivity contribution in [2.45, 2.75) is 57.5 Å². The fourth-order valence-corrected chi connectivity index (χ4v) is 3.34. The molecule has 0 amide bonds. The van der Waals surface area contributed by atoms with Gasteiger partial charge in [-0.25, -0.2) is 4.98 Å². The van der Waals surface area contributed by atoms with E-state index < -0.39 is 0 Å². The zero-order valence-electron chi connectivity index (χ0n) is 12.2. The molecule has 3 nitrogen and oxygen atoms in total. The number of nitrogens with one attached hydrogen (secondary N) is 1. The predicted octanol–water partition coefficient (Wildman–Crippen LogP) is 3.53. The molecule has 1 aromatic rings. The molecule has 2 aliphatic rings. The molecule has 0 radical (unpaired) electrons. The van der Waals surface area contributed by atoms with E-state index in [-0.39, 0.29) is 12.4 Å². The van der Waals surface area contributed by atoms with Gasteiger partial charge in [0, 0.05) is 37.4 Å². The van der Waals surface area contributed by atoms with Gasteiger partial charge in [0.05, 0.1) is 0 Å². The summed E-state index contributed by atoms with van der Waals surface area (Å²) in [5, 5.41) is 3.71. The van der Waals surface area contributed by atoms with E-state index in [0.29, 0.717) is 0 Å². The molecule has 2 fully saturated rings. The summed E-state index contributed by atoms with van der Waals surface area (Å²) in [6.45, 7) is 3.32. The molecule has 1 aliphatic heterocycles. The van der Waals surface area contributed by atoms with Gasteiger partial charge >= 0.3 is 0 Å². The summed E-state index contributed by atoms with van der Waals surface area (Å²) in [5.74, 6) is 1.22. The third-order valence-corrected chi connectivity index (χ3v) is 4.46. The Hall–Kier alpha value is -0.800. The number of pyridine rings is 1. The standard InChI is InChI=1S/C16H25N3.ClH/c1-4-11-19(12-5-1)16-14(7-6-10-17-16)13-18-15-8-2-3-9-15;/h6-7,10,15,18H,1-5,8-9,11-13H2;1H. The molecule has 0 unspecified atom stereocenters. The van der Waals surface area contributed by atoms with Gasteiger partial charge in [0.25, 0.3) is 0 Å². The van der Waals surface area contributed by atoms with Crippen LogP contribution in [0.3, 0.4) is 0 Å². The van der Waals surface area contributed by atoms with Gasteiger partial charge in [-0.3, -0.25) is 0 Å². The summed E-state index contributed by atoms with van der Waals surface area (Å²) in [6.07, 6.45) is 11.4. The highest BCUT2D eigenvalue weighted by molar-refractivity contribution is 5.85. The Morgan fingerprint density at radius 3 is 2.60 bits per heavy atom. The largest absolute Gasteiger partial charge is 0.356 e. The second-order valence-corrected chi connectivity index (χ2v) is 5.90. The topological polar surface area (TPSA) is 28.2 Å². The maximum absolute atomic E-state index is 4.63. The third kappa shape index (κ3) is 3.86. The minimum absolute atomic E-state index is 0. The van der Waals surface area contributed by atoms with Gasteiger partial charge in [0.1, 0.15) is 5.82 Å². The van der Waals surface area contributed by atoms with Crippen LogP contribution in [0.2, 0.25) is 0 Å². The van der Waals surface area contributed by atoms with Crippen molar-refractivity contribution < 1.29 is 0 Å². The van der Waals surface area contributed by atoms with Crippen molar-refractivity contribution >= 4 is 18.2 Å². The molecular formula is C16H26ClN3. The molecule has 1 aliphatic carbocycles. The Kier molecular flexibility index (Phi) is 6.11. The molecule has 20 heavy (non-hydrogen) atoms. The predicted molar refractivity (Wildman–Crippen MR) is 86.6 cm³/mol. The van der Waals surface area contributed by atoms with Crippen LogP contribution in [0.25, 0.3) is 0 Å². The van der Waals surface area contributed by atoms with Crippen LogP contribution in [-0.4, -0.2) is 24.1 Å². The van der Waals surface area contributed by atoms with Gasteiger partial charge in [-0.2, -0.15) is 0 Å². The summed E-state index contributed by atoms with van der Waals surface area (Å²) >= 11 is 0. The van der Waals surface area contributed by atoms with Crippen LogP contribution in [0.5, 0.6) is 0 Å². The molecule has 1 saturated carbocycles. The van der Waals surface area contributed by atoms with Crippen molar-refractivity contribution in [1.82, 2.24) is 10.3 Å². The van der Waals surface area contributed by atoms with Crippen molar-refractivity contribution in [2.75, 3.05) is 18.0 Å². The van der Waals surface area contributed by atoms with E-state index in [1.165, 1.54) is 69.4 Å². The highest BCUT2D eigenvalue weighted by atomic mass is 35.5. The van der Waals surface area contributed by atoms with E-state index in [1.54, 1.807) is 0 Å².